The number of carbonyl (C=O) groups is 1. The van der Waals surface area contributed by atoms with E-state index in [2.05, 4.69) is 6.92 Å². The molecule has 2 unspecified atom stereocenters. The lowest BCUT2D eigenvalue weighted by Crippen LogP contribution is -2.26. The fourth-order valence-corrected chi connectivity index (χ4v) is 0.876. The van der Waals surface area contributed by atoms with E-state index in [1.54, 1.807) is 6.92 Å². The molecular formula is C9H19NO2. The standard InChI is InChI=1S/C9H19NO2/c1-4-5-8(3)12-9(11)7(2)6-10/h7-8H,4-6,10H2,1-3H3. The largest absolute Gasteiger partial charge is 0.462 e. The van der Waals surface area contributed by atoms with E-state index >= 15 is 0 Å². The molecule has 0 heterocycles. The molecule has 0 fully saturated rings. The van der Waals surface area contributed by atoms with Crippen molar-refractivity contribution >= 4 is 5.97 Å². The second kappa shape index (κ2) is 6.00. The summed E-state index contributed by atoms with van der Waals surface area (Å²) >= 11 is 0. The van der Waals surface area contributed by atoms with E-state index < -0.39 is 0 Å². The second-order valence-electron chi connectivity index (χ2n) is 3.17. The molecule has 0 aliphatic heterocycles. The topological polar surface area (TPSA) is 52.3 Å². The molecule has 0 aromatic heterocycles. The Balaban J connectivity index is 3.67. The third kappa shape index (κ3) is 4.34. The van der Waals surface area contributed by atoms with Crippen LogP contribution in [-0.2, 0) is 9.53 Å². The van der Waals surface area contributed by atoms with Crippen molar-refractivity contribution in [1.29, 1.82) is 0 Å². The van der Waals surface area contributed by atoms with Crippen LogP contribution in [0.25, 0.3) is 0 Å². The second-order valence-corrected chi connectivity index (χ2v) is 3.17. The molecule has 0 saturated heterocycles. The van der Waals surface area contributed by atoms with Crippen LogP contribution in [0.15, 0.2) is 0 Å². The van der Waals surface area contributed by atoms with Gasteiger partial charge >= 0.3 is 5.97 Å². The Bertz CT molecular complexity index is 136. The van der Waals surface area contributed by atoms with Crippen LogP contribution in [0.3, 0.4) is 0 Å². The molecule has 0 amide bonds. The van der Waals surface area contributed by atoms with Gasteiger partial charge in [0.1, 0.15) is 0 Å². The fourth-order valence-electron chi connectivity index (χ4n) is 0.876. The van der Waals surface area contributed by atoms with E-state index in [1.165, 1.54) is 0 Å². The Labute approximate surface area is 74.3 Å². The normalized spacial score (nSPS) is 15.3. The van der Waals surface area contributed by atoms with Gasteiger partial charge in [-0.25, -0.2) is 0 Å². The summed E-state index contributed by atoms with van der Waals surface area (Å²) in [5.74, 6) is -0.359. The molecule has 0 radical (unpaired) electrons. The highest BCUT2D eigenvalue weighted by Crippen LogP contribution is 2.04. The Kier molecular flexibility index (Phi) is 5.72. The highest BCUT2D eigenvalue weighted by Gasteiger charge is 2.14. The maximum absolute atomic E-state index is 11.2. The smallest absolute Gasteiger partial charge is 0.310 e. The molecule has 0 aromatic carbocycles. The SMILES string of the molecule is CCCC(C)OC(=O)C(C)CN. The minimum Gasteiger partial charge on any atom is -0.462 e. The van der Waals surface area contributed by atoms with Gasteiger partial charge in [-0.2, -0.15) is 0 Å². The zero-order valence-electron chi connectivity index (χ0n) is 8.17. The van der Waals surface area contributed by atoms with Gasteiger partial charge in [0.05, 0.1) is 12.0 Å². The summed E-state index contributed by atoms with van der Waals surface area (Å²) < 4.78 is 5.12. The molecular weight excluding hydrogens is 154 g/mol. The molecule has 0 spiro atoms. The quantitative estimate of drug-likeness (QED) is 0.638. The van der Waals surface area contributed by atoms with Crippen LogP contribution in [0.2, 0.25) is 0 Å². The van der Waals surface area contributed by atoms with Gasteiger partial charge in [0.15, 0.2) is 0 Å². The first kappa shape index (κ1) is 11.4. The monoisotopic (exact) mass is 173 g/mol. The predicted molar refractivity (Wildman–Crippen MR) is 48.7 cm³/mol. The summed E-state index contributed by atoms with van der Waals surface area (Å²) in [6, 6.07) is 0. The summed E-state index contributed by atoms with van der Waals surface area (Å²) in [6.07, 6.45) is 1.98. The average molecular weight is 173 g/mol. The van der Waals surface area contributed by atoms with Crippen molar-refractivity contribution in [1.82, 2.24) is 0 Å². The van der Waals surface area contributed by atoms with Gasteiger partial charge in [-0.1, -0.05) is 20.3 Å². The Morgan fingerprint density at radius 1 is 1.50 bits per heavy atom. The van der Waals surface area contributed by atoms with E-state index in [-0.39, 0.29) is 18.0 Å². The van der Waals surface area contributed by atoms with Crippen molar-refractivity contribution in [2.75, 3.05) is 6.54 Å². The maximum Gasteiger partial charge on any atom is 0.310 e. The number of ether oxygens (including phenoxy) is 1. The lowest BCUT2D eigenvalue weighted by Gasteiger charge is -2.14. The minimum absolute atomic E-state index is 0.0245. The minimum atomic E-state index is -0.182. The lowest BCUT2D eigenvalue weighted by molar-refractivity contribution is -0.152. The van der Waals surface area contributed by atoms with Gasteiger partial charge in [-0.05, 0) is 13.3 Å². The lowest BCUT2D eigenvalue weighted by atomic mass is 10.2. The molecule has 0 rings (SSSR count). The van der Waals surface area contributed by atoms with Crippen molar-refractivity contribution in [2.45, 2.75) is 39.7 Å². The van der Waals surface area contributed by atoms with Crippen molar-refractivity contribution in [2.24, 2.45) is 11.7 Å². The number of carbonyl (C=O) groups excluding carboxylic acids is 1. The first-order valence-corrected chi connectivity index (χ1v) is 4.52. The fraction of sp³-hybridized carbons (Fsp3) is 0.889. The van der Waals surface area contributed by atoms with E-state index in [0.717, 1.165) is 12.8 Å². The van der Waals surface area contributed by atoms with E-state index in [1.807, 2.05) is 6.92 Å². The number of rotatable bonds is 5. The highest BCUT2D eigenvalue weighted by molar-refractivity contribution is 5.72. The highest BCUT2D eigenvalue weighted by atomic mass is 16.5. The van der Waals surface area contributed by atoms with Crippen molar-refractivity contribution in [3.05, 3.63) is 0 Å². The van der Waals surface area contributed by atoms with Crippen molar-refractivity contribution < 1.29 is 9.53 Å². The van der Waals surface area contributed by atoms with Crippen LogP contribution in [0.1, 0.15) is 33.6 Å². The Hall–Kier alpha value is -0.570. The van der Waals surface area contributed by atoms with Gasteiger partial charge in [-0.15, -0.1) is 0 Å². The summed E-state index contributed by atoms with van der Waals surface area (Å²) in [5, 5.41) is 0. The third-order valence-electron chi connectivity index (χ3n) is 1.77. The molecule has 0 bridgehead atoms. The van der Waals surface area contributed by atoms with Crippen LogP contribution in [0, 0.1) is 5.92 Å². The number of nitrogens with two attached hydrogens (primary N) is 1. The molecule has 2 N–H and O–H groups in total. The molecule has 72 valence electrons. The molecule has 0 aliphatic rings. The van der Waals surface area contributed by atoms with E-state index in [9.17, 15) is 4.79 Å². The number of hydrogen-bond donors (Lipinski definition) is 1. The molecule has 0 aliphatic carbocycles. The van der Waals surface area contributed by atoms with Crippen molar-refractivity contribution in [3.8, 4) is 0 Å². The van der Waals surface area contributed by atoms with Crippen LogP contribution in [0.5, 0.6) is 0 Å². The molecule has 3 heteroatoms. The zero-order valence-corrected chi connectivity index (χ0v) is 8.17. The van der Waals surface area contributed by atoms with Crippen LogP contribution < -0.4 is 5.73 Å². The first-order chi connectivity index (χ1) is 5.61. The summed E-state index contributed by atoms with van der Waals surface area (Å²) in [4.78, 5) is 11.2. The Morgan fingerprint density at radius 2 is 2.08 bits per heavy atom. The van der Waals surface area contributed by atoms with Gasteiger partial charge in [0.2, 0.25) is 0 Å². The molecule has 3 nitrogen and oxygen atoms in total. The Morgan fingerprint density at radius 3 is 2.50 bits per heavy atom. The summed E-state index contributed by atoms with van der Waals surface area (Å²) in [7, 11) is 0. The molecule has 0 saturated carbocycles. The molecule has 12 heavy (non-hydrogen) atoms. The van der Waals surface area contributed by atoms with Gasteiger partial charge in [-0.3, -0.25) is 4.79 Å². The van der Waals surface area contributed by atoms with Crippen molar-refractivity contribution in [3.63, 3.8) is 0 Å². The summed E-state index contributed by atoms with van der Waals surface area (Å²) in [6.45, 7) is 6.11. The molecule has 2 atom stereocenters. The number of esters is 1. The zero-order chi connectivity index (χ0) is 9.56. The predicted octanol–water partition coefficient (Wildman–Crippen LogP) is 1.31. The van der Waals surface area contributed by atoms with Gasteiger partial charge < -0.3 is 10.5 Å². The average Bonchev–Trinajstić information content (AvgIpc) is 2.03. The third-order valence-corrected chi connectivity index (χ3v) is 1.77. The van der Waals surface area contributed by atoms with Crippen LogP contribution in [-0.4, -0.2) is 18.6 Å². The first-order valence-electron chi connectivity index (χ1n) is 4.52. The number of hydrogen-bond acceptors (Lipinski definition) is 3. The summed E-state index contributed by atoms with van der Waals surface area (Å²) in [5.41, 5.74) is 5.32. The maximum atomic E-state index is 11.2. The van der Waals surface area contributed by atoms with Gasteiger partial charge in [0.25, 0.3) is 0 Å². The van der Waals surface area contributed by atoms with E-state index in [4.69, 9.17) is 10.5 Å². The van der Waals surface area contributed by atoms with Crippen LogP contribution in [0.4, 0.5) is 0 Å². The molecule has 0 aromatic rings. The van der Waals surface area contributed by atoms with Gasteiger partial charge in [0, 0.05) is 6.54 Å². The van der Waals surface area contributed by atoms with E-state index in [0.29, 0.717) is 6.54 Å². The van der Waals surface area contributed by atoms with Crippen LogP contribution >= 0.6 is 0 Å².